The fraction of sp³-hybridized carbons (Fsp3) is 0.571. The largest absolute Gasteiger partial charge is 0.508 e. The lowest BCUT2D eigenvalue weighted by Gasteiger charge is -2.08. The van der Waals surface area contributed by atoms with E-state index in [0.29, 0.717) is 5.75 Å². The molecule has 0 fully saturated rings. The third-order valence-corrected chi connectivity index (χ3v) is 2.87. The van der Waals surface area contributed by atoms with Crippen LogP contribution in [0.4, 0.5) is 0 Å². The maximum absolute atomic E-state index is 9.38. The summed E-state index contributed by atoms with van der Waals surface area (Å²) >= 11 is 0. The van der Waals surface area contributed by atoms with Crippen LogP contribution in [-0.4, -0.2) is 5.11 Å². The third kappa shape index (κ3) is 3.94. The second-order valence-electron chi connectivity index (χ2n) is 4.12. The van der Waals surface area contributed by atoms with Crippen molar-refractivity contribution in [1.29, 1.82) is 0 Å². The Hall–Kier alpha value is -0.980. The standard InChI is InChI=1S/C14H22O/c1-3-5-6-7-8-13-9-10-14(15)11-12(13)4-2/h9-11,15H,3-8H2,1-2H3. The smallest absolute Gasteiger partial charge is 0.115 e. The molecule has 84 valence electrons. The van der Waals surface area contributed by atoms with E-state index >= 15 is 0 Å². The number of hydrogen-bond donors (Lipinski definition) is 1. The van der Waals surface area contributed by atoms with Gasteiger partial charge in [0, 0.05) is 0 Å². The first-order chi connectivity index (χ1) is 7.27. The summed E-state index contributed by atoms with van der Waals surface area (Å²) in [6.45, 7) is 4.38. The van der Waals surface area contributed by atoms with Gasteiger partial charge in [-0.15, -0.1) is 0 Å². The second-order valence-corrected chi connectivity index (χ2v) is 4.12. The molecule has 1 N–H and O–H groups in total. The molecule has 0 spiro atoms. The highest BCUT2D eigenvalue weighted by Crippen LogP contribution is 2.19. The highest BCUT2D eigenvalue weighted by Gasteiger charge is 2.01. The van der Waals surface area contributed by atoms with Crippen LogP contribution >= 0.6 is 0 Å². The van der Waals surface area contributed by atoms with E-state index in [9.17, 15) is 5.11 Å². The molecule has 0 atom stereocenters. The zero-order valence-corrected chi connectivity index (χ0v) is 9.92. The Morgan fingerprint density at radius 3 is 2.47 bits per heavy atom. The summed E-state index contributed by atoms with van der Waals surface area (Å²) in [6, 6.07) is 5.77. The lowest BCUT2D eigenvalue weighted by molar-refractivity contribution is 0.474. The average molecular weight is 206 g/mol. The highest BCUT2D eigenvalue weighted by atomic mass is 16.3. The van der Waals surface area contributed by atoms with Gasteiger partial charge in [-0.2, -0.15) is 0 Å². The molecule has 1 rings (SSSR count). The first-order valence-electron chi connectivity index (χ1n) is 6.08. The average Bonchev–Trinajstić information content (AvgIpc) is 2.26. The van der Waals surface area contributed by atoms with Gasteiger partial charge in [-0.25, -0.2) is 0 Å². The van der Waals surface area contributed by atoms with Crippen molar-refractivity contribution in [2.45, 2.75) is 52.4 Å². The molecule has 0 radical (unpaired) electrons. The summed E-state index contributed by atoms with van der Waals surface area (Å²) in [6.07, 6.45) is 7.38. The molecule has 1 aromatic carbocycles. The molecular weight excluding hydrogens is 184 g/mol. The summed E-state index contributed by atoms with van der Waals surface area (Å²) in [5.74, 6) is 0.393. The summed E-state index contributed by atoms with van der Waals surface area (Å²) in [5.41, 5.74) is 2.71. The molecule has 15 heavy (non-hydrogen) atoms. The first kappa shape index (κ1) is 12.1. The van der Waals surface area contributed by atoms with Crippen LogP contribution < -0.4 is 0 Å². The molecule has 1 heteroatoms. The number of phenolic OH excluding ortho intramolecular Hbond substituents is 1. The number of aromatic hydroxyl groups is 1. The Morgan fingerprint density at radius 2 is 1.80 bits per heavy atom. The van der Waals surface area contributed by atoms with Crippen LogP contribution in [0.3, 0.4) is 0 Å². The lowest BCUT2D eigenvalue weighted by Crippen LogP contribution is -1.93. The van der Waals surface area contributed by atoms with Gasteiger partial charge in [0.25, 0.3) is 0 Å². The number of aryl methyl sites for hydroxylation is 2. The van der Waals surface area contributed by atoms with Crippen LogP contribution in [-0.2, 0) is 12.8 Å². The molecular formula is C14H22O. The molecule has 0 heterocycles. The van der Waals surface area contributed by atoms with Gasteiger partial charge in [0.1, 0.15) is 5.75 Å². The Bertz CT molecular complexity index is 291. The quantitative estimate of drug-likeness (QED) is 0.695. The minimum Gasteiger partial charge on any atom is -0.508 e. The Morgan fingerprint density at radius 1 is 1.00 bits per heavy atom. The number of rotatable bonds is 6. The molecule has 0 bridgehead atoms. The minimum absolute atomic E-state index is 0.393. The molecule has 1 aromatic rings. The SMILES string of the molecule is CCCCCCc1ccc(O)cc1CC. The van der Waals surface area contributed by atoms with Crippen molar-refractivity contribution in [2.75, 3.05) is 0 Å². The van der Waals surface area contributed by atoms with Crippen LogP contribution in [0.25, 0.3) is 0 Å². The van der Waals surface area contributed by atoms with E-state index in [0.717, 1.165) is 12.8 Å². The second kappa shape index (κ2) is 6.49. The van der Waals surface area contributed by atoms with Gasteiger partial charge < -0.3 is 5.11 Å². The minimum atomic E-state index is 0.393. The summed E-state index contributed by atoms with van der Waals surface area (Å²) in [7, 11) is 0. The summed E-state index contributed by atoms with van der Waals surface area (Å²) in [4.78, 5) is 0. The number of benzene rings is 1. The fourth-order valence-electron chi connectivity index (χ4n) is 1.93. The van der Waals surface area contributed by atoms with Gasteiger partial charge >= 0.3 is 0 Å². The van der Waals surface area contributed by atoms with Gasteiger partial charge in [0.05, 0.1) is 0 Å². The van der Waals surface area contributed by atoms with Gasteiger partial charge in [-0.05, 0) is 42.5 Å². The topological polar surface area (TPSA) is 20.2 Å². The van der Waals surface area contributed by atoms with E-state index in [1.54, 1.807) is 6.07 Å². The molecule has 0 aliphatic rings. The van der Waals surface area contributed by atoms with Crippen molar-refractivity contribution < 1.29 is 5.11 Å². The molecule has 0 unspecified atom stereocenters. The van der Waals surface area contributed by atoms with Crippen molar-refractivity contribution in [3.8, 4) is 5.75 Å². The third-order valence-electron chi connectivity index (χ3n) is 2.87. The number of unbranched alkanes of at least 4 members (excludes halogenated alkanes) is 3. The Kier molecular flexibility index (Phi) is 5.23. The van der Waals surface area contributed by atoms with Crippen molar-refractivity contribution in [3.63, 3.8) is 0 Å². The normalized spacial score (nSPS) is 10.5. The predicted molar refractivity (Wildman–Crippen MR) is 65.3 cm³/mol. The molecule has 0 saturated heterocycles. The van der Waals surface area contributed by atoms with E-state index < -0.39 is 0 Å². The van der Waals surface area contributed by atoms with Crippen LogP contribution in [0.5, 0.6) is 5.75 Å². The molecule has 0 saturated carbocycles. The van der Waals surface area contributed by atoms with Gasteiger partial charge in [-0.3, -0.25) is 0 Å². The van der Waals surface area contributed by atoms with Crippen LogP contribution in [0.15, 0.2) is 18.2 Å². The molecule has 0 amide bonds. The van der Waals surface area contributed by atoms with Crippen LogP contribution in [0.1, 0.15) is 50.7 Å². The maximum Gasteiger partial charge on any atom is 0.115 e. The van der Waals surface area contributed by atoms with Crippen LogP contribution in [0.2, 0.25) is 0 Å². The fourth-order valence-corrected chi connectivity index (χ4v) is 1.93. The monoisotopic (exact) mass is 206 g/mol. The van der Waals surface area contributed by atoms with E-state index in [1.165, 1.54) is 36.8 Å². The van der Waals surface area contributed by atoms with Crippen molar-refractivity contribution >= 4 is 0 Å². The Labute approximate surface area is 93.1 Å². The zero-order chi connectivity index (χ0) is 11.1. The Balaban J connectivity index is 2.52. The highest BCUT2D eigenvalue weighted by molar-refractivity contribution is 5.34. The molecule has 0 aromatic heterocycles. The first-order valence-corrected chi connectivity index (χ1v) is 6.08. The van der Waals surface area contributed by atoms with E-state index in [-0.39, 0.29) is 0 Å². The van der Waals surface area contributed by atoms with E-state index in [2.05, 4.69) is 19.9 Å². The van der Waals surface area contributed by atoms with Gasteiger partial charge in [0.15, 0.2) is 0 Å². The summed E-state index contributed by atoms with van der Waals surface area (Å²) in [5, 5.41) is 9.38. The van der Waals surface area contributed by atoms with Gasteiger partial charge in [-0.1, -0.05) is 39.2 Å². The maximum atomic E-state index is 9.38. The zero-order valence-electron chi connectivity index (χ0n) is 9.92. The van der Waals surface area contributed by atoms with Gasteiger partial charge in [0.2, 0.25) is 0 Å². The number of phenols is 1. The van der Waals surface area contributed by atoms with Crippen molar-refractivity contribution in [1.82, 2.24) is 0 Å². The summed E-state index contributed by atoms with van der Waals surface area (Å²) < 4.78 is 0. The molecule has 1 nitrogen and oxygen atoms in total. The lowest BCUT2D eigenvalue weighted by atomic mass is 9.99. The van der Waals surface area contributed by atoms with Crippen molar-refractivity contribution in [3.05, 3.63) is 29.3 Å². The predicted octanol–water partition coefficient (Wildman–Crippen LogP) is 4.08. The van der Waals surface area contributed by atoms with Crippen molar-refractivity contribution in [2.24, 2.45) is 0 Å². The van der Waals surface area contributed by atoms with E-state index in [4.69, 9.17) is 0 Å². The van der Waals surface area contributed by atoms with E-state index in [1.807, 2.05) is 6.07 Å². The van der Waals surface area contributed by atoms with Crippen LogP contribution in [0, 0.1) is 0 Å². The molecule has 0 aliphatic heterocycles. The molecule has 0 aliphatic carbocycles. The number of hydrogen-bond acceptors (Lipinski definition) is 1.